The van der Waals surface area contributed by atoms with Gasteiger partial charge < -0.3 is 15.0 Å². The highest BCUT2D eigenvalue weighted by Gasteiger charge is 2.22. The molecule has 1 aliphatic heterocycles. The molecule has 0 saturated carbocycles. The minimum atomic E-state index is -0.130. The highest BCUT2D eigenvalue weighted by atomic mass is 32.2. The molecule has 3 heterocycles. The van der Waals surface area contributed by atoms with E-state index in [1.165, 1.54) is 11.8 Å². The van der Waals surface area contributed by atoms with E-state index in [2.05, 4.69) is 42.2 Å². The maximum atomic E-state index is 12.9. The Kier molecular flexibility index (Phi) is 7.10. The van der Waals surface area contributed by atoms with Crippen LogP contribution in [0.2, 0.25) is 0 Å². The van der Waals surface area contributed by atoms with Gasteiger partial charge in [0, 0.05) is 19.2 Å². The van der Waals surface area contributed by atoms with E-state index < -0.39 is 0 Å². The number of nitrogens with zero attached hydrogens (tertiary/aromatic N) is 6. The van der Waals surface area contributed by atoms with E-state index in [0.717, 1.165) is 36.0 Å². The van der Waals surface area contributed by atoms with E-state index in [4.69, 9.17) is 4.74 Å². The molecule has 1 amide bonds. The minimum absolute atomic E-state index is 0.130. The molecule has 1 N–H and O–H groups in total. The topological polar surface area (TPSA) is 90.1 Å². The Morgan fingerprint density at radius 3 is 2.49 bits per heavy atom. The predicted octanol–water partition coefficient (Wildman–Crippen LogP) is 3.39. The van der Waals surface area contributed by atoms with Crippen molar-refractivity contribution in [3.05, 3.63) is 78.0 Å². The van der Waals surface area contributed by atoms with Crippen molar-refractivity contribution in [2.75, 3.05) is 42.3 Å². The van der Waals surface area contributed by atoms with Gasteiger partial charge in [-0.05, 0) is 24.6 Å². The number of amides is 1. The first-order valence-electron chi connectivity index (χ1n) is 11.5. The van der Waals surface area contributed by atoms with Gasteiger partial charge in [0.15, 0.2) is 5.16 Å². The number of morpholine rings is 1. The van der Waals surface area contributed by atoms with Gasteiger partial charge in [0.05, 0.1) is 36.9 Å². The summed E-state index contributed by atoms with van der Waals surface area (Å²) in [4.78, 5) is 15.1. The number of anilines is 2. The molecule has 2 aromatic carbocycles. The number of carbonyl (C=O) groups is 1. The quantitative estimate of drug-likeness (QED) is 0.380. The predicted molar refractivity (Wildman–Crippen MR) is 136 cm³/mol. The van der Waals surface area contributed by atoms with Crippen molar-refractivity contribution in [1.29, 1.82) is 0 Å². The van der Waals surface area contributed by atoms with Gasteiger partial charge in [-0.2, -0.15) is 5.10 Å². The number of hydrogen-bond acceptors (Lipinski definition) is 7. The molecule has 9 nitrogen and oxygen atoms in total. The molecule has 5 rings (SSSR count). The molecule has 0 bridgehead atoms. The van der Waals surface area contributed by atoms with Crippen LogP contribution < -0.4 is 10.2 Å². The Labute approximate surface area is 208 Å². The molecule has 2 aromatic heterocycles. The highest BCUT2D eigenvalue weighted by molar-refractivity contribution is 7.99. The lowest BCUT2D eigenvalue weighted by atomic mass is 10.2. The standard InChI is InChI=1S/C25H27N7O2S/c1-19-16-22(32(29-19)21-10-6-3-7-11-21)26-23(33)18-35-25-28-27-24(30-12-14-34-15-13-30)31(25)17-20-8-4-2-5-9-20/h2-11,16H,12-15,17-18H2,1H3,(H,26,33). The zero-order chi connectivity index (χ0) is 24.0. The molecule has 0 radical (unpaired) electrons. The number of benzene rings is 2. The molecular formula is C25H27N7O2S. The van der Waals surface area contributed by atoms with Crippen molar-refractivity contribution in [1.82, 2.24) is 24.5 Å². The second-order valence-electron chi connectivity index (χ2n) is 8.21. The summed E-state index contributed by atoms with van der Waals surface area (Å²) in [5.74, 6) is 1.51. The summed E-state index contributed by atoms with van der Waals surface area (Å²) in [6.07, 6.45) is 0. The van der Waals surface area contributed by atoms with Gasteiger partial charge in [-0.3, -0.25) is 9.36 Å². The maximum Gasteiger partial charge on any atom is 0.236 e. The lowest BCUT2D eigenvalue weighted by Crippen LogP contribution is -2.38. The van der Waals surface area contributed by atoms with Crippen molar-refractivity contribution in [2.24, 2.45) is 0 Å². The number of thioether (sulfide) groups is 1. The van der Waals surface area contributed by atoms with Crippen LogP contribution in [-0.4, -0.2) is 62.5 Å². The van der Waals surface area contributed by atoms with Gasteiger partial charge in [-0.1, -0.05) is 60.3 Å². The molecule has 10 heteroatoms. The third-order valence-electron chi connectivity index (χ3n) is 5.61. The Morgan fingerprint density at radius 2 is 1.74 bits per heavy atom. The first-order chi connectivity index (χ1) is 17.2. The van der Waals surface area contributed by atoms with E-state index in [0.29, 0.717) is 30.7 Å². The second-order valence-corrected chi connectivity index (χ2v) is 9.15. The first-order valence-corrected chi connectivity index (χ1v) is 12.5. The van der Waals surface area contributed by atoms with Crippen molar-refractivity contribution < 1.29 is 9.53 Å². The van der Waals surface area contributed by atoms with Crippen molar-refractivity contribution in [2.45, 2.75) is 18.6 Å². The van der Waals surface area contributed by atoms with Crippen LogP contribution in [0.5, 0.6) is 0 Å². The summed E-state index contributed by atoms with van der Waals surface area (Å²) in [7, 11) is 0. The number of hydrogen-bond donors (Lipinski definition) is 1. The van der Waals surface area contributed by atoms with Crippen molar-refractivity contribution in [3.8, 4) is 5.69 Å². The fourth-order valence-electron chi connectivity index (χ4n) is 3.95. The number of ether oxygens (including phenoxy) is 1. The van der Waals surface area contributed by atoms with Crippen molar-refractivity contribution >= 4 is 29.4 Å². The zero-order valence-electron chi connectivity index (χ0n) is 19.5. The lowest BCUT2D eigenvalue weighted by molar-refractivity contribution is -0.113. The molecule has 180 valence electrons. The van der Waals surface area contributed by atoms with Crippen LogP contribution in [0, 0.1) is 6.92 Å². The fourth-order valence-corrected chi connectivity index (χ4v) is 4.69. The van der Waals surface area contributed by atoms with E-state index in [1.807, 2.05) is 61.5 Å². The lowest BCUT2D eigenvalue weighted by Gasteiger charge is -2.28. The number of aromatic nitrogens is 5. The summed E-state index contributed by atoms with van der Waals surface area (Å²) >= 11 is 1.38. The summed E-state index contributed by atoms with van der Waals surface area (Å²) < 4.78 is 9.32. The Hall–Kier alpha value is -3.63. The SMILES string of the molecule is Cc1cc(NC(=O)CSc2nnc(N3CCOCC3)n2Cc2ccccc2)n(-c2ccccc2)n1. The number of para-hydroxylation sites is 1. The van der Waals surface area contributed by atoms with Gasteiger partial charge in [0.2, 0.25) is 11.9 Å². The number of rotatable bonds is 8. The van der Waals surface area contributed by atoms with E-state index in [-0.39, 0.29) is 11.7 Å². The van der Waals surface area contributed by atoms with Crippen LogP contribution >= 0.6 is 11.8 Å². The Bertz CT molecular complexity index is 1270. The maximum absolute atomic E-state index is 12.9. The van der Waals surface area contributed by atoms with Gasteiger partial charge in [0.1, 0.15) is 5.82 Å². The van der Waals surface area contributed by atoms with Crippen LogP contribution in [0.3, 0.4) is 0 Å². The highest BCUT2D eigenvalue weighted by Crippen LogP contribution is 2.25. The van der Waals surface area contributed by atoms with Gasteiger partial charge in [-0.15, -0.1) is 10.2 Å². The average molecular weight is 490 g/mol. The third-order valence-corrected chi connectivity index (χ3v) is 6.57. The molecular weight excluding hydrogens is 462 g/mol. The smallest absolute Gasteiger partial charge is 0.236 e. The van der Waals surface area contributed by atoms with Gasteiger partial charge in [0.25, 0.3) is 0 Å². The number of carbonyl (C=O) groups excluding carboxylic acids is 1. The van der Waals surface area contributed by atoms with Crippen LogP contribution in [0.15, 0.2) is 71.9 Å². The second kappa shape index (κ2) is 10.7. The molecule has 1 aliphatic rings. The summed E-state index contributed by atoms with van der Waals surface area (Å²) in [5.41, 5.74) is 2.87. The van der Waals surface area contributed by atoms with Gasteiger partial charge >= 0.3 is 0 Å². The van der Waals surface area contributed by atoms with Crippen LogP contribution in [0.25, 0.3) is 5.69 Å². The molecule has 1 fully saturated rings. The van der Waals surface area contributed by atoms with Crippen LogP contribution in [0.1, 0.15) is 11.3 Å². The molecule has 1 saturated heterocycles. The Morgan fingerprint density at radius 1 is 1.03 bits per heavy atom. The molecule has 4 aromatic rings. The molecule has 0 spiro atoms. The monoisotopic (exact) mass is 489 g/mol. The normalized spacial score (nSPS) is 13.7. The van der Waals surface area contributed by atoms with Crippen molar-refractivity contribution in [3.63, 3.8) is 0 Å². The summed E-state index contributed by atoms with van der Waals surface area (Å²) in [6, 6.07) is 21.8. The minimum Gasteiger partial charge on any atom is -0.378 e. The van der Waals surface area contributed by atoms with Crippen LogP contribution in [0.4, 0.5) is 11.8 Å². The van der Waals surface area contributed by atoms with E-state index >= 15 is 0 Å². The largest absolute Gasteiger partial charge is 0.378 e. The third kappa shape index (κ3) is 5.55. The molecule has 0 unspecified atom stereocenters. The summed E-state index contributed by atoms with van der Waals surface area (Å²) in [5, 5.41) is 17.1. The average Bonchev–Trinajstić information content (AvgIpc) is 3.47. The molecule has 0 aliphatic carbocycles. The van der Waals surface area contributed by atoms with Crippen LogP contribution in [-0.2, 0) is 16.1 Å². The van der Waals surface area contributed by atoms with E-state index in [1.54, 1.807) is 4.68 Å². The molecule has 35 heavy (non-hydrogen) atoms. The number of aryl methyl sites for hydroxylation is 1. The number of nitrogens with one attached hydrogen (secondary N) is 1. The Balaban J connectivity index is 1.31. The fraction of sp³-hybridized carbons (Fsp3) is 0.280. The first kappa shape index (κ1) is 23.1. The molecule has 0 atom stereocenters. The van der Waals surface area contributed by atoms with E-state index in [9.17, 15) is 4.79 Å². The zero-order valence-corrected chi connectivity index (χ0v) is 20.3. The summed E-state index contributed by atoms with van der Waals surface area (Å²) in [6.45, 7) is 5.39. The van der Waals surface area contributed by atoms with Gasteiger partial charge in [-0.25, -0.2) is 4.68 Å².